The van der Waals surface area contributed by atoms with Gasteiger partial charge in [0.05, 0.1) is 26.4 Å². The van der Waals surface area contributed by atoms with Gasteiger partial charge in [0.2, 0.25) is 0 Å². The van der Waals surface area contributed by atoms with Gasteiger partial charge in [-0.1, -0.05) is 350 Å². The highest BCUT2D eigenvalue weighted by molar-refractivity contribution is 7.47. The molecule has 0 amide bonds. The molecule has 0 aromatic carbocycles. The lowest BCUT2D eigenvalue weighted by molar-refractivity contribution is -0.161. The average molecular weight is 1410 g/mol. The number of phosphoric acid groups is 2. The Hall–Kier alpha value is -1.94. The van der Waals surface area contributed by atoms with E-state index in [2.05, 4.69) is 41.5 Å². The van der Waals surface area contributed by atoms with Crippen molar-refractivity contribution in [1.82, 2.24) is 0 Å². The predicted molar refractivity (Wildman–Crippen MR) is 391 cm³/mol. The summed E-state index contributed by atoms with van der Waals surface area (Å²) in [5.74, 6) is -0.601. The van der Waals surface area contributed by atoms with Crippen LogP contribution in [0.3, 0.4) is 0 Å². The van der Waals surface area contributed by atoms with Gasteiger partial charge in [0.15, 0.2) is 12.2 Å². The lowest BCUT2D eigenvalue weighted by atomic mass is 10.00. The normalized spacial score (nSPS) is 14.3. The molecule has 0 rings (SSSR count). The molecule has 0 radical (unpaired) electrons. The molecule has 6 atom stereocenters. The maximum absolute atomic E-state index is 13.1. The number of carbonyl (C=O) groups excluding carboxylic acids is 4. The van der Waals surface area contributed by atoms with Crippen LogP contribution in [0.4, 0.5) is 0 Å². The second-order valence-electron chi connectivity index (χ2n) is 28.5. The van der Waals surface area contributed by atoms with Crippen LogP contribution in [0, 0.1) is 11.8 Å². The fraction of sp³-hybridized carbons (Fsp3) is 0.948. The van der Waals surface area contributed by atoms with E-state index in [1.54, 1.807) is 0 Å². The van der Waals surface area contributed by atoms with Gasteiger partial charge >= 0.3 is 39.5 Å². The van der Waals surface area contributed by atoms with E-state index in [0.29, 0.717) is 25.7 Å². The Bertz CT molecular complexity index is 1860. The van der Waals surface area contributed by atoms with Gasteiger partial charge in [-0.2, -0.15) is 0 Å². The minimum atomic E-state index is -4.96. The van der Waals surface area contributed by atoms with Crippen LogP contribution < -0.4 is 0 Å². The van der Waals surface area contributed by atoms with Crippen molar-refractivity contribution in [2.45, 2.75) is 419 Å². The standard InChI is InChI=1S/C77H150O17P2/c1-7-10-12-14-16-18-20-22-23-24-25-26-28-34-38-42-50-56-62-76(81)93-72(65-87-74(79)59-53-47-40-36-32-30-29-31-35-39-45-51-57-69(4)5)67-91-95(83,84)89-63-71(78)64-90-96(85,86)92-68-73(66-88-75(80)60-54-48-44-43-46-52-58-70(6)9-3)94-77(82)61-55-49-41-37-33-27-21-19-17-15-13-11-8-2/h69-73,78H,7-68H2,1-6H3,(H,83,84)(H,85,86)/t70?,71-,72-,73-/m1/s1. The van der Waals surface area contributed by atoms with Crippen LogP contribution >= 0.6 is 15.6 Å². The van der Waals surface area contributed by atoms with Gasteiger partial charge in [-0.3, -0.25) is 37.3 Å². The highest BCUT2D eigenvalue weighted by Crippen LogP contribution is 2.45. The molecule has 19 heteroatoms. The quantitative estimate of drug-likeness (QED) is 0.0222. The third-order valence-corrected chi connectivity index (χ3v) is 20.2. The molecule has 0 aromatic rings. The molecule has 0 aromatic heterocycles. The first-order chi connectivity index (χ1) is 46.4. The molecule has 17 nitrogen and oxygen atoms in total. The van der Waals surface area contributed by atoms with Crippen molar-refractivity contribution in [2.75, 3.05) is 39.6 Å². The molecule has 0 aliphatic carbocycles. The Kier molecular flexibility index (Phi) is 67.4. The Morgan fingerprint density at radius 2 is 0.531 bits per heavy atom. The van der Waals surface area contributed by atoms with Gasteiger partial charge in [-0.15, -0.1) is 0 Å². The van der Waals surface area contributed by atoms with Gasteiger partial charge < -0.3 is 33.8 Å². The first kappa shape index (κ1) is 94.1. The largest absolute Gasteiger partial charge is 0.472 e. The van der Waals surface area contributed by atoms with E-state index in [9.17, 15) is 43.2 Å². The topological polar surface area (TPSA) is 237 Å². The third-order valence-electron chi connectivity index (χ3n) is 18.3. The fourth-order valence-electron chi connectivity index (χ4n) is 11.8. The molecule has 0 fully saturated rings. The summed E-state index contributed by atoms with van der Waals surface area (Å²) in [4.78, 5) is 72.9. The molecule has 0 bridgehead atoms. The lowest BCUT2D eigenvalue weighted by Gasteiger charge is -2.21. The van der Waals surface area contributed by atoms with Crippen molar-refractivity contribution in [1.29, 1.82) is 0 Å². The Labute approximate surface area is 588 Å². The maximum Gasteiger partial charge on any atom is 0.472 e. The van der Waals surface area contributed by atoms with E-state index in [4.69, 9.17) is 37.0 Å². The highest BCUT2D eigenvalue weighted by atomic mass is 31.2. The van der Waals surface area contributed by atoms with Crippen molar-refractivity contribution < 1.29 is 80.2 Å². The number of aliphatic hydroxyl groups is 1. The summed E-state index contributed by atoms with van der Waals surface area (Å²) in [7, 11) is -9.91. The van der Waals surface area contributed by atoms with Crippen molar-refractivity contribution >= 4 is 39.5 Å². The summed E-state index contributed by atoms with van der Waals surface area (Å²) in [5.41, 5.74) is 0. The van der Waals surface area contributed by atoms with E-state index >= 15 is 0 Å². The van der Waals surface area contributed by atoms with Crippen LogP contribution in [-0.2, 0) is 65.4 Å². The Balaban J connectivity index is 5.25. The molecule has 570 valence electrons. The van der Waals surface area contributed by atoms with Gasteiger partial charge in [0, 0.05) is 25.7 Å². The molecule has 3 unspecified atom stereocenters. The number of rotatable bonds is 76. The molecule has 0 aliphatic heterocycles. The molecule has 0 spiro atoms. The summed E-state index contributed by atoms with van der Waals surface area (Å²) in [6.45, 7) is 9.58. The Morgan fingerprint density at radius 3 is 0.792 bits per heavy atom. The van der Waals surface area contributed by atoms with Crippen LogP contribution in [0.2, 0.25) is 0 Å². The molecule has 0 saturated heterocycles. The number of esters is 4. The van der Waals surface area contributed by atoms with Crippen molar-refractivity contribution in [3.63, 3.8) is 0 Å². The van der Waals surface area contributed by atoms with Gasteiger partial charge in [0.25, 0.3) is 0 Å². The zero-order chi connectivity index (χ0) is 70.7. The van der Waals surface area contributed by atoms with Crippen LogP contribution in [-0.4, -0.2) is 96.7 Å². The number of hydrogen-bond acceptors (Lipinski definition) is 15. The minimum absolute atomic E-state index is 0.107. The van der Waals surface area contributed by atoms with E-state index in [1.807, 2.05) is 0 Å². The zero-order valence-corrected chi connectivity index (χ0v) is 64.5. The second-order valence-corrected chi connectivity index (χ2v) is 31.4. The average Bonchev–Trinajstić information content (AvgIpc) is 1.40. The summed E-state index contributed by atoms with van der Waals surface area (Å²) in [5, 5.41) is 10.6. The van der Waals surface area contributed by atoms with E-state index in [-0.39, 0.29) is 25.7 Å². The smallest absolute Gasteiger partial charge is 0.462 e. The lowest BCUT2D eigenvalue weighted by Crippen LogP contribution is -2.30. The molecule has 96 heavy (non-hydrogen) atoms. The summed E-state index contributed by atoms with van der Waals surface area (Å²) in [6, 6.07) is 0. The summed E-state index contributed by atoms with van der Waals surface area (Å²) >= 11 is 0. The highest BCUT2D eigenvalue weighted by Gasteiger charge is 2.30. The zero-order valence-electron chi connectivity index (χ0n) is 62.7. The van der Waals surface area contributed by atoms with E-state index in [0.717, 1.165) is 108 Å². The molecule has 3 N–H and O–H groups in total. The first-order valence-corrected chi connectivity index (χ1v) is 43.0. The summed E-state index contributed by atoms with van der Waals surface area (Å²) < 4.78 is 68.6. The number of ether oxygens (including phenoxy) is 4. The van der Waals surface area contributed by atoms with Crippen molar-refractivity contribution in [3.8, 4) is 0 Å². The number of unbranched alkanes of at least 4 members (excludes halogenated alkanes) is 45. The fourth-order valence-corrected chi connectivity index (χ4v) is 13.4. The predicted octanol–water partition coefficient (Wildman–Crippen LogP) is 22.7. The molecular formula is C77H150O17P2. The van der Waals surface area contributed by atoms with E-state index < -0.39 is 97.5 Å². The monoisotopic (exact) mass is 1410 g/mol. The number of hydrogen-bond donors (Lipinski definition) is 3. The molecular weight excluding hydrogens is 1260 g/mol. The van der Waals surface area contributed by atoms with Crippen molar-refractivity contribution in [3.05, 3.63) is 0 Å². The summed E-state index contributed by atoms with van der Waals surface area (Å²) in [6.07, 6.45) is 56.8. The van der Waals surface area contributed by atoms with Gasteiger partial charge in [-0.25, -0.2) is 9.13 Å². The molecule has 0 heterocycles. The van der Waals surface area contributed by atoms with Crippen LogP contribution in [0.5, 0.6) is 0 Å². The second kappa shape index (κ2) is 68.8. The third kappa shape index (κ3) is 69.2. The van der Waals surface area contributed by atoms with Crippen LogP contribution in [0.25, 0.3) is 0 Å². The molecule has 0 saturated carbocycles. The van der Waals surface area contributed by atoms with Crippen LogP contribution in [0.15, 0.2) is 0 Å². The van der Waals surface area contributed by atoms with Gasteiger partial charge in [0.1, 0.15) is 19.3 Å². The number of phosphoric ester groups is 2. The Morgan fingerprint density at radius 1 is 0.302 bits per heavy atom. The van der Waals surface area contributed by atoms with Crippen molar-refractivity contribution in [2.24, 2.45) is 11.8 Å². The van der Waals surface area contributed by atoms with Gasteiger partial charge in [-0.05, 0) is 37.5 Å². The first-order valence-electron chi connectivity index (χ1n) is 40.0. The van der Waals surface area contributed by atoms with Crippen LogP contribution in [0.1, 0.15) is 401 Å². The maximum atomic E-state index is 13.1. The number of carbonyl (C=O) groups is 4. The number of aliphatic hydroxyl groups excluding tert-OH is 1. The van der Waals surface area contributed by atoms with E-state index in [1.165, 1.54) is 212 Å². The SMILES string of the molecule is CCCCCCCCCCCCCCCCCCCCC(=O)O[C@H](COC(=O)CCCCCCCCCCCCCCC(C)C)COP(=O)(O)OC[C@@H](O)COP(=O)(O)OC[C@@H](COC(=O)CCCCCCCCC(C)CC)OC(=O)CCCCCCCCCCCCCCC. The molecule has 0 aliphatic rings. The minimum Gasteiger partial charge on any atom is -0.462 e.